The van der Waals surface area contributed by atoms with E-state index in [1.54, 1.807) is 4.90 Å². The van der Waals surface area contributed by atoms with Crippen LogP contribution in [0.3, 0.4) is 0 Å². The average Bonchev–Trinajstić information content (AvgIpc) is 2.27. The third-order valence-electron chi connectivity index (χ3n) is 3.33. The normalized spacial score (nSPS) is 21.9. The molecule has 0 radical (unpaired) electrons. The van der Waals surface area contributed by atoms with E-state index in [2.05, 4.69) is 0 Å². The number of nitrogens with two attached hydrogens (primary N) is 1. The fraction of sp³-hybridized carbons (Fsp3) is 0.923. The van der Waals surface area contributed by atoms with Gasteiger partial charge in [-0.2, -0.15) is 0 Å². The van der Waals surface area contributed by atoms with Gasteiger partial charge in [0.1, 0.15) is 0 Å². The van der Waals surface area contributed by atoms with Crippen LogP contribution in [-0.2, 0) is 9.53 Å². The Morgan fingerprint density at radius 2 is 2.06 bits per heavy atom. The Hall–Kier alpha value is -0.320. The summed E-state index contributed by atoms with van der Waals surface area (Å²) in [6, 6.07) is -0.448. The highest BCUT2D eigenvalue weighted by molar-refractivity contribution is 5.85. The van der Waals surface area contributed by atoms with Crippen LogP contribution < -0.4 is 5.73 Å². The molecule has 1 rings (SSSR count). The van der Waals surface area contributed by atoms with Gasteiger partial charge in [-0.25, -0.2) is 0 Å². The van der Waals surface area contributed by atoms with E-state index in [4.69, 9.17) is 10.5 Å². The topological polar surface area (TPSA) is 55.6 Å². The van der Waals surface area contributed by atoms with E-state index in [1.165, 1.54) is 6.42 Å². The molecule has 1 amide bonds. The molecule has 4 nitrogen and oxygen atoms in total. The zero-order valence-electron chi connectivity index (χ0n) is 11.9. The lowest BCUT2D eigenvalue weighted by Gasteiger charge is -2.32. The second-order valence-corrected chi connectivity index (χ2v) is 6.05. The van der Waals surface area contributed by atoms with Gasteiger partial charge in [0.25, 0.3) is 0 Å². The minimum absolute atomic E-state index is 0. The molecule has 0 aromatic heterocycles. The second-order valence-electron chi connectivity index (χ2n) is 6.05. The summed E-state index contributed by atoms with van der Waals surface area (Å²) in [7, 11) is 1.81. The van der Waals surface area contributed by atoms with Crippen LogP contribution in [0.15, 0.2) is 0 Å². The standard InChI is InChI=1S/C13H26N2O2.ClH/c1-13(2,3)11(14)12(16)15(4)9-10-7-5-6-8-17-10;/h10-11H,5-9,14H2,1-4H3;1H/t10?,11-;/m1./s1. The maximum Gasteiger partial charge on any atom is 0.239 e. The number of hydrogen-bond acceptors (Lipinski definition) is 3. The fourth-order valence-electron chi connectivity index (χ4n) is 1.95. The predicted molar refractivity (Wildman–Crippen MR) is 75.9 cm³/mol. The van der Waals surface area contributed by atoms with Crippen LogP contribution in [0.5, 0.6) is 0 Å². The molecule has 2 atom stereocenters. The van der Waals surface area contributed by atoms with Crippen molar-refractivity contribution in [1.29, 1.82) is 0 Å². The number of halogens is 1. The fourth-order valence-corrected chi connectivity index (χ4v) is 1.95. The molecule has 1 unspecified atom stereocenters. The molecule has 5 heteroatoms. The number of ether oxygens (including phenoxy) is 1. The molecular weight excluding hydrogens is 252 g/mol. The van der Waals surface area contributed by atoms with Gasteiger partial charge < -0.3 is 15.4 Å². The summed E-state index contributed by atoms with van der Waals surface area (Å²) >= 11 is 0. The van der Waals surface area contributed by atoms with E-state index in [-0.39, 0.29) is 29.8 Å². The second kappa shape index (κ2) is 7.31. The van der Waals surface area contributed by atoms with Gasteiger partial charge in [0.2, 0.25) is 5.91 Å². The monoisotopic (exact) mass is 278 g/mol. The molecule has 0 aromatic carbocycles. The summed E-state index contributed by atoms with van der Waals surface area (Å²) in [5.74, 6) is 0.00618. The Bertz CT molecular complexity index is 260. The first kappa shape index (κ1) is 17.7. The number of likely N-dealkylation sites (N-methyl/N-ethyl adjacent to an activating group) is 1. The molecular formula is C13H27ClN2O2. The van der Waals surface area contributed by atoms with Crippen molar-refractivity contribution in [3.63, 3.8) is 0 Å². The first-order chi connectivity index (χ1) is 7.82. The van der Waals surface area contributed by atoms with E-state index in [0.29, 0.717) is 6.54 Å². The van der Waals surface area contributed by atoms with Crippen molar-refractivity contribution in [1.82, 2.24) is 4.90 Å². The maximum atomic E-state index is 12.1. The van der Waals surface area contributed by atoms with Gasteiger partial charge in [-0.05, 0) is 24.7 Å². The molecule has 1 fully saturated rings. The molecule has 0 bridgehead atoms. The van der Waals surface area contributed by atoms with Crippen molar-refractivity contribution in [2.24, 2.45) is 11.1 Å². The van der Waals surface area contributed by atoms with Crippen LogP contribution in [0.1, 0.15) is 40.0 Å². The Morgan fingerprint density at radius 1 is 1.44 bits per heavy atom. The lowest BCUT2D eigenvalue weighted by Crippen LogP contribution is -2.51. The van der Waals surface area contributed by atoms with Gasteiger partial charge in [-0.3, -0.25) is 4.79 Å². The maximum absolute atomic E-state index is 12.1. The molecule has 108 valence electrons. The number of carbonyl (C=O) groups excluding carboxylic acids is 1. The highest BCUT2D eigenvalue weighted by Gasteiger charge is 2.30. The first-order valence-corrected chi connectivity index (χ1v) is 6.44. The van der Waals surface area contributed by atoms with Gasteiger partial charge in [0.15, 0.2) is 0 Å². The van der Waals surface area contributed by atoms with Crippen molar-refractivity contribution in [2.45, 2.75) is 52.2 Å². The minimum Gasteiger partial charge on any atom is -0.376 e. The predicted octanol–water partition coefficient (Wildman–Crippen LogP) is 1.81. The van der Waals surface area contributed by atoms with Crippen LogP contribution in [0.2, 0.25) is 0 Å². The van der Waals surface area contributed by atoms with Gasteiger partial charge >= 0.3 is 0 Å². The zero-order valence-corrected chi connectivity index (χ0v) is 12.8. The van der Waals surface area contributed by atoms with E-state index >= 15 is 0 Å². The smallest absolute Gasteiger partial charge is 0.239 e. The quantitative estimate of drug-likeness (QED) is 0.857. The molecule has 2 N–H and O–H groups in total. The Kier molecular flexibility index (Phi) is 7.18. The van der Waals surface area contributed by atoms with E-state index in [1.807, 2.05) is 27.8 Å². The lowest BCUT2D eigenvalue weighted by atomic mass is 9.86. The number of amides is 1. The number of carbonyl (C=O) groups is 1. The van der Waals surface area contributed by atoms with Crippen molar-refractivity contribution < 1.29 is 9.53 Å². The molecule has 0 aliphatic carbocycles. The van der Waals surface area contributed by atoms with Crippen LogP contribution in [-0.4, -0.2) is 43.2 Å². The number of rotatable bonds is 3. The molecule has 0 aromatic rings. The lowest BCUT2D eigenvalue weighted by molar-refractivity contribution is -0.136. The number of nitrogens with zero attached hydrogens (tertiary/aromatic N) is 1. The van der Waals surface area contributed by atoms with E-state index in [0.717, 1.165) is 19.4 Å². The SMILES string of the molecule is CN(CC1CCCCO1)C(=O)[C@@H](N)C(C)(C)C.Cl. The third-order valence-corrected chi connectivity index (χ3v) is 3.33. The third kappa shape index (κ3) is 5.12. The first-order valence-electron chi connectivity index (χ1n) is 6.44. The Morgan fingerprint density at radius 3 is 2.50 bits per heavy atom. The molecule has 18 heavy (non-hydrogen) atoms. The van der Waals surface area contributed by atoms with Crippen molar-refractivity contribution in [3.05, 3.63) is 0 Å². The Labute approximate surface area is 117 Å². The van der Waals surface area contributed by atoms with Crippen LogP contribution in [0.4, 0.5) is 0 Å². The van der Waals surface area contributed by atoms with Gasteiger partial charge in [-0.1, -0.05) is 20.8 Å². The molecule has 0 saturated carbocycles. The van der Waals surface area contributed by atoms with Crippen LogP contribution in [0, 0.1) is 5.41 Å². The van der Waals surface area contributed by atoms with Crippen molar-refractivity contribution in [3.8, 4) is 0 Å². The van der Waals surface area contributed by atoms with E-state index in [9.17, 15) is 4.79 Å². The molecule has 1 aliphatic heterocycles. The minimum atomic E-state index is -0.448. The van der Waals surface area contributed by atoms with Gasteiger partial charge in [-0.15, -0.1) is 12.4 Å². The summed E-state index contributed by atoms with van der Waals surface area (Å²) in [4.78, 5) is 13.8. The zero-order chi connectivity index (χ0) is 13.1. The largest absolute Gasteiger partial charge is 0.376 e. The molecule has 1 saturated heterocycles. The summed E-state index contributed by atoms with van der Waals surface area (Å²) in [6.45, 7) is 7.43. The Balaban J connectivity index is 0.00000289. The summed E-state index contributed by atoms with van der Waals surface area (Å²) in [5, 5.41) is 0. The van der Waals surface area contributed by atoms with Crippen molar-refractivity contribution >= 4 is 18.3 Å². The highest BCUT2D eigenvalue weighted by atomic mass is 35.5. The number of hydrogen-bond donors (Lipinski definition) is 1. The van der Waals surface area contributed by atoms with Crippen molar-refractivity contribution in [2.75, 3.05) is 20.2 Å². The summed E-state index contributed by atoms with van der Waals surface area (Å²) < 4.78 is 5.63. The average molecular weight is 279 g/mol. The van der Waals surface area contributed by atoms with Crippen LogP contribution >= 0.6 is 12.4 Å². The summed E-state index contributed by atoms with van der Waals surface area (Å²) in [5.41, 5.74) is 5.77. The molecule has 0 spiro atoms. The molecule has 1 aliphatic rings. The summed E-state index contributed by atoms with van der Waals surface area (Å²) in [6.07, 6.45) is 3.56. The van der Waals surface area contributed by atoms with Gasteiger partial charge in [0, 0.05) is 20.2 Å². The molecule has 1 heterocycles. The van der Waals surface area contributed by atoms with Crippen LogP contribution in [0.25, 0.3) is 0 Å². The van der Waals surface area contributed by atoms with E-state index < -0.39 is 6.04 Å². The van der Waals surface area contributed by atoms with Gasteiger partial charge in [0.05, 0.1) is 12.1 Å². The highest BCUT2D eigenvalue weighted by Crippen LogP contribution is 2.20.